The first-order chi connectivity index (χ1) is 17.6. The molecular weight excluding hydrogens is 468 g/mol. The Balaban J connectivity index is 1.70. The van der Waals surface area contributed by atoms with Crippen LogP contribution < -0.4 is 16.4 Å². The predicted molar refractivity (Wildman–Crippen MR) is 145 cm³/mol. The molecule has 0 fully saturated rings. The van der Waals surface area contributed by atoms with Crippen molar-refractivity contribution in [3.05, 3.63) is 78.8 Å². The lowest BCUT2D eigenvalue weighted by Gasteiger charge is -2.23. The van der Waals surface area contributed by atoms with Crippen LogP contribution in [0, 0.1) is 0 Å². The molecule has 37 heavy (non-hydrogen) atoms. The lowest BCUT2D eigenvalue weighted by Crippen LogP contribution is -2.39. The molecule has 2 aromatic heterocycles. The second-order valence-corrected chi connectivity index (χ2v) is 9.39. The molecule has 2 amide bonds. The molecular formula is C28H30N6O3. The van der Waals surface area contributed by atoms with Crippen molar-refractivity contribution in [3.8, 4) is 22.3 Å². The van der Waals surface area contributed by atoms with Gasteiger partial charge in [-0.05, 0) is 56.2 Å². The van der Waals surface area contributed by atoms with Gasteiger partial charge in [0.1, 0.15) is 11.8 Å². The lowest BCUT2D eigenvalue weighted by atomic mass is 9.96. The molecule has 0 unspecified atom stereocenters. The van der Waals surface area contributed by atoms with Crippen molar-refractivity contribution in [3.63, 3.8) is 0 Å². The second kappa shape index (κ2) is 10.2. The molecule has 0 aliphatic carbocycles. The number of methoxy groups -OCH3 is 1. The standard InChI is InChI=1S/C28H30N6O3/c1-17(2)26(35)33-21-12-10-18(11-13-21)22-14-34-24(25(29)31-16-32-34)23(22)19-6-8-20(9-7-19)27(36)30-15-28(3,4)37-5/h6-14,16H,1,15H2,2-5H3,(H,30,36)(H,33,35)(H2,29,31,32). The van der Waals surface area contributed by atoms with E-state index in [0.717, 1.165) is 22.3 Å². The topological polar surface area (TPSA) is 124 Å². The number of aromatic nitrogens is 3. The third kappa shape index (κ3) is 5.52. The first-order valence-corrected chi connectivity index (χ1v) is 11.7. The minimum absolute atomic E-state index is 0.186. The van der Waals surface area contributed by atoms with Crippen LogP contribution in [0.2, 0.25) is 0 Å². The quantitative estimate of drug-likeness (QED) is 0.311. The number of nitrogens with one attached hydrogen (secondary N) is 2. The Morgan fingerprint density at radius 3 is 2.35 bits per heavy atom. The van der Waals surface area contributed by atoms with E-state index in [9.17, 15) is 9.59 Å². The van der Waals surface area contributed by atoms with Crippen LogP contribution in [0.15, 0.2) is 73.2 Å². The Labute approximate surface area is 215 Å². The number of carbonyl (C=O) groups is 2. The second-order valence-electron chi connectivity index (χ2n) is 9.39. The highest BCUT2D eigenvalue weighted by Crippen LogP contribution is 2.38. The largest absolute Gasteiger partial charge is 0.382 e. The molecule has 4 rings (SSSR count). The van der Waals surface area contributed by atoms with Crippen molar-refractivity contribution in [1.29, 1.82) is 0 Å². The summed E-state index contributed by atoms with van der Waals surface area (Å²) < 4.78 is 7.06. The van der Waals surface area contributed by atoms with E-state index < -0.39 is 5.60 Å². The average molecular weight is 499 g/mol. The number of fused-ring (bicyclic) bond motifs is 1. The summed E-state index contributed by atoms with van der Waals surface area (Å²) in [4.78, 5) is 28.8. The van der Waals surface area contributed by atoms with Gasteiger partial charge in [0.15, 0.2) is 5.82 Å². The van der Waals surface area contributed by atoms with E-state index in [0.29, 0.717) is 34.7 Å². The fourth-order valence-corrected chi connectivity index (χ4v) is 3.77. The minimum Gasteiger partial charge on any atom is -0.382 e. The molecule has 0 radical (unpaired) electrons. The Morgan fingerprint density at radius 2 is 1.73 bits per heavy atom. The Morgan fingerprint density at radius 1 is 1.08 bits per heavy atom. The van der Waals surface area contributed by atoms with Crippen molar-refractivity contribution in [1.82, 2.24) is 19.9 Å². The van der Waals surface area contributed by atoms with Crippen molar-refractivity contribution in [2.24, 2.45) is 0 Å². The molecule has 4 N–H and O–H groups in total. The smallest absolute Gasteiger partial charge is 0.251 e. The van der Waals surface area contributed by atoms with Gasteiger partial charge in [0.25, 0.3) is 11.8 Å². The minimum atomic E-state index is -0.462. The van der Waals surface area contributed by atoms with Gasteiger partial charge in [0.05, 0.1) is 5.60 Å². The van der Waals surface area contributed by atoms with E-state index in [1.165, 1.54) is 6.33 Å². The molecule has 0 spiro atoms. The summed E-state index contributed by atoms with van der Waals surface area (Å²) in [6.07, 6.45) is 3.29. The Bertz CT molecular complexity index is 1470. The highest BCUT2D eigenvalue weighted by molar-refractivity contribution is 6.03. The molecule has 0 aliphatic rings. The third-order valence-corrected chi connectivity index (χ3v) is 6.11. The van der Waals surface area contributed by atoms with Gasteiger partial charge < -0.3 is 21.1 Å². The van der Waals surface area contributed by atoms with Crippen molar-refractivity contribution in [2.75, 3.05) is 24.7 Å². The number of anilines is 2. The number of ether oxygens (including phenoxy) is 1. The fourth-order valence-electron chi connectivity index (χ4n) is 3.77. The Kier molecular flexibility index (Phi) is 7.08. The summed E-state index contributed by atoms with van der Waals surface area (Å²) in [7, 11) is 1.61. The van der Waals surface area contributed by atoms with Gasteiger partial charge in [-0.2, -0.15) is 5.10 Å². The zero-order valence-electron chi connectivity index (χ0n) is 21.3. The SMILES string of the molecule is C=C(C)C(=O)Nc1ccc(-c2cn3ncnc(N)c3c2-c2ccc(C(=O)NCC(C)(C)OC)cc2)cc1. The summed E-state index contributed by atoms with van der Waals surface area (Å²) in [6.45, 7) is 9.52. The van der Waals surface area contributed by atoms with E-state index in [4.69, 9.17) is 10.5 Å². The van der Waals surface area contributed by atoms with Crippen LogP contribution in [-0.2, 0) is 9.53 Å². The average Bonchev–Trinajstić information content (AvgIpc) is 3.29. The number of nitrogens with two attached hydrogens (primary N) is 1. The predicted octanol–water partition coefficient (Wildman–Crippen LogP) is 4.31. The van der Waals surface area contributed by atoms with Crippen LogP contribution in [0.5, 0.6) is 0 Å². The first kappa shape index (κ1) is 25.6. The molecule has 9 nitrogen and oxygen atoms in total. The maximum atomic E-state index is 12.7. The van der Waals surface area contributed by atoms with Gasteiger partial charge in [-0.25, -0.2) is 9.50 Å². The normalized spacial score (nSPS) is 11.4. The van der Waals surface area contributed by atoms with Crippen LogP contribution in [0.4, 0.5) is 11.5 Å². The summed E-state index contributed by atoms with van der Waals surface area (Å²) in [5.41, 5.74) is 11.6. The first-order valence-electron chi connectivity index (χ1n) is 11.7. The van der Waals surface area contributed by atoms with E-state index in [1.807, 2.05) is 56.4 Å². The van der Waals surface area contributed by atoms with Gasteiger partial charge in [0.2, 0.25) is 0 Å². The number of nitrogens with zero attached hydrogens (tertiary/aromatic N) is 3. The zero-order valence-corrected chi connectivity index (χ0v) is 21.3. The van der Waals surface area contributed by atoms with Crippen LogP contribution >= 0.6 is 0 Å². The Hall–Kier alpha value is -4.50. The van der Waals surface area contributed by atoms with Gasteiger partial charge >= 0.3 is 0 Å². The number of hydrogen-bond donors (Lipinski definition) is 3. The van der Waals surface area contributed by atoms with E-state index >= 15 is 0 Å². The van der Waals surface area contributed by atoms with Crippen LogP contribution in [0.25, 0.3) is 27.8 Å². The summed E-state index contributed by atoms with van der Waals surface area (Å²) in [5, 5.41) is 10.0. The molecule has 0 saturated carbocycles. The van der Waals surface area contributed by atoms with Gasteiger partial charge in [-0.15, -0.1) is 0 Å². The van der Waals surface area contributed by atoms with Crippen molar-refractivity contribution < 1.29 is 14.3 Å². The van der Waals surface area contributed by atoms with E-state index in [2.05, 4.69) is 27.3 Å². The maximum Gasteiger partial charge on any atom is 0.251 e. The number of carbonyl (C=O) groups excluding carboxylic acids is 2. The zero-order chi connectivity index (χ0) is 26.7. The number of rotatable bonds is 8. The van der Waals surface area contributed by atoms with Crippen LogP contribution in [-0.4, -0.2) is 45.7 Å². The molecule has 2 heterocycles. The lowest BCUT2D eigenvalue weighted by molar-refractivity contribution is -0.112. The van der Waals surface area contributed by atoms with E-state index in [-0.39, 0.29) is 11.8 Å². The van der Waals surface area contributed by atoms with Crippen LogP contribution in [0.1, 0.15) is 31.1 Å². The molecule has 0 aliphatic heterocycles. The fraction of sp³-hybridized carbons (Fsp3) is 0.214. The number of benzene rings is 2. The van der Waals surface area contributed by atoms with Crippen molar-refractivity contribution in [2.45, 2.75) is 26.4 Å². The van der Waals surface area contributed by atoms with Crippen LogP contribution in [0.3, 0.4) is 0 Å². The highest BCUT2D eigenvalue weighted by Gasteiger charge is 2.20. The monoisotopic (exact) mass is 498 g/mol. The van der Waals surface area contributed by atoms with Gasteiger partial charge in [0, 0.05) is 47.8 Å². The molecule has 0 saturated heterocycles. The summed E-state index contributed by atoms with van der Waals surface area (Å²) >= 11 is 0. The summed E-state index contributed by atoms with van der Waals surface area (Å²) in [6, 6.07) is 14.8. The number of nitrogen functional groups attached to an aromatic ring is 1. The molecule has 0 bridgehead atoms. The number of amides is 2. The molecule has 9 heteroatoms. The molecule has 4 aromatic rings. The number of hydrogen-bond acceptors (Lipinski definition) is 6. The molecule has 190 valence electrons. The van der Waals surface area contributed by atoms with Gasteiger partial charge in [-0.1, -0.05) is 30.8 Å². The highest BCUT2D eigenvalue weighted by atomic mass is 16.5. The maximum absolute atomic E-state index is 12.7. The van der Waals surface area contributed by atoms with E-state index in [1.54, 1.807) is 30.7 Å². The van der Waals surface area contributed by atoms with Crippen molar-refractivity contribution >= 4 is 28.8 Å². The summed E-state index contributed by atoms with van der Waals surface area (Å²) in [5.74, 6) is -0.0832. The van der Waals surface area contributed by atoms with Gasteiger partial charge in [-0.3, -0.25) is 9.59 Å². The molecule has 2 aromatic carbocycles. The molecule has 0 atom stereocenters. The third-order valence-electron chi connectivity index (χ3n) is 6.11.